The number of primary sulfonamides is 1. The molecule has 1 amide bonds. The number of carboxylic acid groups (broad SMARTS) is 1. The van der Waals surface area contributed by atoms with E-state index in [1.807, 2.05) is 54.6 Å². The third-order valence-corrected chi connectivity index (χ3v) is 9.29. The molecule has 3 N–H and O–H groups in total. The number of benzene rings is 3. The molecule has 1 saturated carbocycles. The summed E-state index contributed by atoms with van der Waals surface area (Å²) in [5.41, 5.74) is 3.60. The van der Waals surface area contributed by atoms with E-state index < -0.39 is 22.2 Å². The maximum Gasteiger partial charge on any atom is 0.407 e. The molecular weight excluding hydrogens is 580 g/mol. The molecule has 1 unspecified atom stereocenters. The predicted molar refractivity (Wildman–Crippen MR) is 168 cm³/mol. The van der Waals surface area contributed by atoms with Gasteiger partial charge >= 0.3 is 6.09 Å². The first kappa shape index (κ1) is 32.0. The van der Waals surface area contributed by atoms with Gasteiger partial charge in [0.25, 0.3) is 0 Å². The van der Waals surface area contributed by atoms with Crippen LogP contribution in [0.4, 0.5) is 4.79 Å². The standard InChI is InChI=1S/C34H42N2O7S/c35-44(39,40)32-19-18-28(23-30(32)42-29-11-5-2-6-12-29)26-16-14-25(15-17-26)20-21-36(34(37)38)24-31(27-9-3-1-4-10-27)43-33-13-7-8-22-41-33/h1,3-4,9-10,14-19,23,29,31,33H,2,5-8,11-13,20-22,24H2,(H,37,38)(H2,35,39,40)/t31-,33?/m0/s1. The van der Waals surface area contributed by atoms with Gasteiger partial charge in [0.1, 0.15) is 16.7 Å². The van der Waals surface area contributed by atoms with Gasteiger partial charge in [0.15, 0.2) is 6.29 Å². The number of sulfonamides is 1. The van der Waals surface area contributed by atoms with Crippen molar-refractivity contribution in [2.75, 3.05) is 19.7 Å². The quantitative estimate of drug-likeness (QED) is 0.235. The lowest BCUT2D eigenvalue weighted by Crippen LogP contribution is -2.37. The Morgan fingerprint density at radius 3 is 2.30 bits per heavy atom. The van der Waals surface area contributed by atoms with Crippen LogP contribution in [0.25, 0.3) is 11.1 Å². The first-order chi connectivity index (χ1) is 21.3. The summed E-state index contributed by atoms with van der Waals surface area (Å²) in [6.45, 7) is 1.14. The first-order valence-electron chi connectivity index (χ1n) is 15.5. The summed E-state index contributed by atoms with van der Waals surface area (Å²) in [6.07, 6.45) is 6.60. The van der Waals surface area contributed by atoms with Gasteiger partial charge in [-0.15, -0.1) is 0 Å². The Kier molecular flexibility index (Phi) is 10.9. The molecule has 236 valence electrons. The molecule has 2 fully saturated rings. The van der Waals surface area contributed by atoms with E-state index >= 15 is 0 Å². The predicted octanol–water partition coefficient (Wildman–Crippen LogP) is 6.52. The van der Waals surface area contributed by atoms with E-state index in [4.69, 9.17) is 19.3 Å². The van der Waals surface area contributed by atoms with E-state index in [0.29, 0.717) is 19.6 Å². The Morgan fingerprint density at radius 1 is 0.932 bits per heavy atom. The zero-order valence-corrected chi connectivity index (χ0v) is 25.8. The van der Waals surface area contributed by atoms with Crippen molar-refractivity contribution in [3.05, 3.63) is 83.9 Å². The second-order valence-corrected chi connectivity index (χ2v) is 13.1. The third kappa shape index (κ3) is 8.81. The SMILES string of the molecule is NS(=O)(=O)c1ccc(-c2ccc(CCN(C[C@H](OC3CCCCO3)c3ccccc3)C(=O)O)cc2)cc1OC1CCCCC1. The van der Waals surface area contributed by atoms with Crippen LogP contribution in [0.15, 0.2) is 77.7 Å². The van der Waals surface area contributed by atoms with Gasteiger partial charge in [-0.1, -0.05) is 67.1 Å². The lowest BCUT2D eigenvalue weighted by molar-refractivity contribution is -0.192. The normalized spacial score (nSPS) is 18.4. The van der Waals surface area contributed by atoms with Crippen LogP contribution in [0.5, 0.6) is 5.75 Å². The summed E-state index contributed by atoms with van der Waals surface area (Å²) in [7, 11) is -3.94. The molecule has 10 heteroatoms. The second kappa shape index (κ2) is 15.0. The molecule has 9 nitrogen and oxygen atoms in total. The Balaban J connectivity index is 1.26. The molecule has 0 spiro atoms. The van der Waals surface area contributed by atoms with Gasteiger partial charge in [-0.2, -0.15) is 0 Å². The molecule has 2 aliphatic rings. The van der Waals surface area contributed by atoms with Gasteiger partial charge in [0, 0.05) is 13.2 Å². The fourth-order valence-corrected chi connectivity index (χ4v) is 6.51. The van der Waals surface area contributed by atoms with Gasteiger partial charge in [0.05, 0.1) is 12.6 Å². The smallest absolute Gasteiger partial charge is 0.407 e. The highest BCUT2D eigenvalue weighted by Crippen LogP contribution is 2.33. The Labute approximate surface area is 260 Å². The number of hydrogen-bond donors (Lipinski definition) is 2. The van der Waals surface area contributed by atoms with E-state index in [9.17, 15) is 18.3 Å². The van der Waals surface area contributed by atoms with E-state index in [0.717, 1.165) is 73.6 Å². The molecule has 0 bridgehead atoms. The number of hydrogen-bond acceptors (Lipinski definition) is 6. The maximum atomic E-state index is 12.3. The summed E-state index contributed by atoms with van der Waals surface area (Å²) in [5.74, 6) is 0.284. The molecule has 1 heterocycles. The van der Waals surface area contributed by atoms with Gasteiger partial charge < -0.3 is 24.2 Å². The lowest BCUT2D eigenvalue weighted by Gasteiger charge is -2.31. The molecule has 1 saturated heterocycles. The van der Waals surface area contributed by atoms with Crippen LogP contribution in [0, 0.1) is 0 Å². The second-order valence-electron chi connectivity index (χ2n) is 11.6. The Morgan fingerprint density at radius 2 is 1.64 bits per heavy atom. The third-order valence-electron chi connectivity index (χ3n) is 8.34. The van der Waals surface area contributed by atoms with Crippen molar-refractivity contribution in [2.24, 2.45) is 5.14 Å². The lowest BCUT2D eigenvalue weighted by atomic mass is 9.97. The fraction of sp³-hybridized carbons (Fsp3) is 0.441. The van der Waals surface area contributed by atoms with Crippen LogP contribution < -0.4 is 9.88 Å². The van der Waals surface area contributed by atoms with Gasteiger partial charge in [-0.25, -0.2) is 18.4 Å². The largest absolute Gasteiger partial charge is 0.489 e. The average molecular weight is 623 g/mol. The van der Waals surface area contributed by atoms with Gasteiger partial charge in [0.2, 0.25) is 10.0 Å². The number of nitrogens with zero attached hydrogens (tertiary/aromatic N) is 1. The van der Waals surface area contributed by atoms with Gasteiger partial charge in [-0.3, -0.25) is 0 Å². The summed E-state index contributed by atoms with van der Waals surface area (Å²) in [5, 5.41) is 15.5. The van der Waals surface area contributed by atoms with Crippen molar-refractivity contribution in [3.63, 3.8) is 0 Å². The van der Waals surface area contributed by atoms with Crippen molar-refractivity contribution in [2.45, 2.75) is 81.2 Å². The van der Waals surface area contributed by atoms with Crippen LogP contribution in [0.1, 0.15) is 68.6 Å². The number of carbonyl (C=O) groups is 1. The molecule has 0 aromatic heterocycles. The maximum absolute atomic E-state index is 12.3. The highest BCUT2D eigenvalue weighted by atomic mass is 32.2. The highest BCUT2D eigenvalue weighted by Gasteiger charge is 2.26. The van der Waals surface area contributed by atoms with Crippen LogP contribution in [-0.4, -0.2) is 56.6 Å². The fourth-order valence-electron chi connectivity index (χ4n) is 5.87. The van der Waals surface area contributed by atoms with E-state index in [1.165, 1.54) is 11.0 Å². The van der Waals surface area contributed by atoms with E-state index in [2.05, 4.69) is 0 Å². The first-order valence-corrected chi connectivity index (χ1v) is 17.0. The van der Waals surface area contributed by atoms with Crippen molar-refractivity contribution in [1.82, 2.24) is 4.90 Å². The summed E-state index contributed by atoms with van der Waals surface area (Å²) in [4.78, 5) is 13.7. The summed E-state index contributed by atoms with van der Waals surface area (Å²) < 4.78 is 42.7. The van der Waals surface area contributed by atoms with Crippen LogP contribution in [0.3, 0.4) is 0 Å². The van der Waals surface area contributed by atoms with Crippen molar-refractivity contribution in [1.29, 1.82) is 0 Å². The minimum Gasteiger partial charge on any atom is -0.489 e. The number of amides is 1. The molecule has 44 heavy (non-hydrogen) atoms. The van der Waals surface area contributed by atoms with Crippen LogP contribution in [-0.2, 0) is 25.9 Å². The molecule has 5 rings (SSSR count). The Bertz CT molecular complexity index is 1470. The number of ether oxygens (including phenoxy) is 3. The number of nitrogens with two attached hydrogens (primary N) is 1. The zero-order chi connectivity index (χ0) is 30.9. The van der Waals surface area contributed by atoms with Gasteiger partial charge in [-0.05, 0) is 85.8 Å². The molecular formula is C34H42N2O7S. The number of rotatable bonds is 12. The molecule has 3 aromatic rings. The minimum atomic E-state index is -3.94. The Hall–Kier alpha value is -3.44. The summed E-state index contributed by atoms with van der Waals surface area (Å²) in [6, 6.07) is 22.5. The minimum absolute atomic E-state index is 0.00922. The van der Waals surface area contributed by atoms with Crippen molar-refractivity contribution in [3.8, 4) is 16.9 Å². The van der Waals surface area contributed by atoms with Crippen LogP contribution >= 0.6 is 0 Å². The summed E-state index contributed by atoms with van der Waals surface area (Å²) >= 11 is 0. The average Bonchev–Trinajstić information content (AvgIpc) is 3.03. The van der Waals surface area contributed by atoms with Crippen molar-refractivity contribution >= 4 is 16.1 Å². The molecule has 1 aliphatic heterocycles. The van der Waals surface area contributed by atoms with Crippen molar-refractivity contribution < 1.29 is 32.5 Å². The van der Waals surface area contributed by atoms with E-state index in [-0.39, 0.29) is 29.6 Å². The highest BCUT2D eigenvalue weighted by molar-refractivity contribution is 7.89. The van der Waals surface area contributed by atoms with E-state index in [1.54, 1.807) is 12.1 Å². The molecule has 3 aromatic carbocycles. The molecule has 0 radical (unpaired) electrons. The zero-order valence-electron chi connectivity index (χ0n) is 25.0. The topological polar surface area (TPSA) is 128 Å². The molecule has 1 aliphatic carbocycles. The molecule has 2 atom stereocenters. The van der Waals surface area contributed by atoms with Crippen LogP contribution in [0.2, 0.25) is 0 Å². The monoisotopic (exact) mass is 622 g/mol.